The SMILES string of the molecule is CN=C(N)NC(=O)c1cc2c(Cl)cc(Oc3cccc(CN4CCCC4)c3)cc2[nH]1. The number of rotatable bonds is 5. The molecule has 1 amide bonds. The highest BCUT2D eigenvalue weighted by Gasteiger charge is 2.15. The van der Waals surface area contributed by atoms with E-state index < -0.39 is 0 Å². The first-order chi connectivity index (χ1) is 14.5. The number of hydrogen-bond donors (Lipinski definition) is 3. The van der Waals surface area contributed by atoms with E-state index in [1.807, 2.05) is 18.2 Å². The molecule has 4 N–H and O–H groups in total. The molecule has 2 aromatic carbocycles. The fraction of sp³-hybridized carbons (Fsp3) is 0.273. The monoisotopic (exact) mass is 425 g/mol. The number of carbonyl (C=O) groups is 1. The Hall–Kier alpha value is -3.03. The number of ether oxygens (including phenoxy) is 1. The summed E-state index contributed by atoms with van der Waals surface area (Å²) in [7, 11) is 1.50. The number of halogens is 1. The molecule has 1 aliphatic heterocycles. The second-order valence-electron chi connectivity index (χ2n) is 7.35. The van der Waals surface area contributed by atoms with E-state index in [2.05, 4.69) is 32.3 Å². The summed E-state index contributed by atoms with van der Waals surface area (Å²) in [5, 5.41) is 3.71. The van der Waals surface area contributed by atoms with Crippen molar-refractivity contribution in [1.29, 1.82) is 0 Å². The minimum absolute atomic E-state index is 0.0441. The van der Waals surface area contributed by atoms with Crippen LogP contribution in [0.4, 0.5) is 0 Å². The molecule has 1 fully saturated rings. The van der Waals surface area contributed by atoms with Crippen molar-refractivity contribution in [2.45, 2.75) is 19.4 Å². The average molecular weight is 426 g/mol. The molecule has 0 radical (unpaired) electrons. The molecule has 0 aliphatic carbocycles. The zero-order chi connectivity index (χ0) is 21.1. The van der Waals surface area contributed by atoms with Gasteiger partial charge in [-0.2, -0.15) is 0 Å². The average Bonchev–Trinajstić information content (AvgIpc) is 3.38. The summed E-state index contributed by atoms with van der Waals surface area (Å²) in [5.74, 6) is 0.998. The molecule has 4 rings (SSSR count). The zero-order valence-electron chi connectivity index (χ0n) is 16.7. The molecule has 8 heteroatoms. The number of nitrogens with one attached hydrogen (secondary N) is 2. The van der Waals surface area contributed by atoms with Gasteiger partial charge in [0, 0.05) is 31.1 Å². The van der Waals surface area contributed by atoms with Gasteiger partial charge in [0.2, 0.25) is 0 Å². The summed E-state index contributed by atoms with van der Waals surface area (Å²) in [4.78, 5) is 21.5. The van der Waals surface area contributed by atoms with Gasteiger partial charge in [-0.3, -0.25) is 20.0 Å². The molecule has 7 nitrogen and oxygen atoms in total. The van der Waals surface area contributed by atoms with Gasteiger partial charge in [-0.15, -0.1) is 0 Å². The Morgan fingerprint density at radius 2 is 2.03 bits per heavy atom. The topological polar surface area (TPSA) is 95.7 Å². The molecule has 0 saturated carbocycles. The summed E-state index contributed by atoms with van der Waals surface area (Å²) in [6, 6.07) is 13.3. The normalized spacial score (nSPS) is 14.9. The number of carbonyl (C=O) groups excluding carboxylic acids is 1. The molecule has 0 atom stereocenters. The highest BCUT2D eigenvalue weighted by molar-refractivity contribution is 6.35. The Morgan fingerprint density at radius 3 is 2.80 bits per heavy atom. The Bertz CT molecular complexity index is 1100. The van der Waals surface area contributed by atoms with Gasteiger partial charge in [-0.05, 0) is 49.7 Å². The number of fused-ring (bicyclic) bond motifs is 1. The maximum Gasteiger partial charge on any atom is 0.274 e. The molecule has 3 aromatic rings. The molecule has 1 saturated heterocycles. The molecule has 0 bridgehead atoms. The van der Waals surface area contributed by atoms with E-state index in [0.29, 0.717) is 22.0 Å². The third kappa shape index (κ3) is 4.58. The number of guanidine groups is 1. The van der Waals surface area contributed by atoms with Gasteiger partial charge < -0.3 is 15.5 Å². The van der Waals surface area contributed by atoms with Gasteiger partial charge in [0.15, 0.2) is 5.96 Å². The first-order valence-electron chi connectivity index (χ1n) is 9.87. The minimum Gasteiger partial charge on any atom is -0.457 e. The van der Waals surface area contributed by atoms with E-state index in [1.165, 1.54) is 25.5 Å². The molecule has 0 spiro atoms. The minimum atomic E-state index is -0.387. The van der Waals surface area contributed by atoms with E-state index in [4.69, 9.17) is 22.1 Å². The van der Waals surface area contributed by atoms with Crippen LogP contribution in [-0.4, -0.2) is 41.9 Å². The maximum absolute atomic E-state index is 12.3. The molecule has 1 aromatic heterocycles. The Labute approximate surface area is 179 Å². The smallest absolute Gasteiger partial charge is 0.274 e. The number of amides is 1. The van der Waals surface area contributed by atoms with Crippen LogP contribution in [0.1, 0.15) is 28.9 Å². The van der Waals surface area contributed by atoms with Crippen molar-refractivity contribution in [2.75, 3.05) is 20.1 Å². The van der Waals surface area contributed by atoms with Gasteiger partial charge in [0.25, 0.3) is 5.91 Å². The van der Waals surface area contributed by atoms with Crippen molar-refractivity contribution in [1.82, 2.24) is 15.2 Å². The Morgan fingerprint density at radius 1 is 1.23 bits per heavy atom. The van der Waals surface area contributed by atoms with E-state index in [9.17, 15) is 4.79 Å². The van der Waals surface area contributed by atoms with Crippen molar-refractivity contribution in [3.63, 3.8) is 0 Å². The number of benzene rings is 2. The van der Waals surface area contributed by atoms with E-state index in [1.54, 1.807) is 12.1 Å². The van der Waals surface area contributed by atoms with Crippen LogP contribution in [0.2, 0.25) is 5.02 Å². The fourth-order valence-corrected chi connectivity index (χ4v) is 3.90. The van der Waals surface area contributed by atoms with Gasteiger partial charge in [-0.25, -0.2) is 0 Å². The zero-order valence-corrected chi connectivity index (χ0v) is 17.5. The standard InChI is InChI=1S/C22H24ClN5O2/c1-25-22(24)27-21(29)20-12-17-18(23)10-16(11-19(17)26-20)30-15-6-4-5-14(9-15)13-28-7-2-3-8-28/h4-6,9-12,26H,2-3,7-8,13H2,1H3,(H3,24,25,27,29). The van der Waals surface area contributed by atoms with Gasteiger partial charge >= 0.3 is 0 Å². The van der Waals surface area contributed by atoms with Crippen molar-refractivity contribution >= 4 is 34.4 Å². The summed E-state index contributed by atoms with van der Waals surface area (Å²) < 4.78 is 6.06. The predicted molar refractivity (Wildman–Crippen MR) is 119 cm³/mol. The van der Waals surface area contributed by atoms with Crippen LogP contribution in [0.25, 0.3) is 10.9 Å². The van der Waals surface area contributed by atoms with Crippen molar-refractivity contribution in [2.24, 2.45) is 10.7 Å². The quantitative estimate of drug-likeness (QED) is 0.427. The first-order valence-corrected chi connectivity index (χ1v) is 10.2. The first kappa shape index (κ1) is 20.3. The lowest BCUT2D eigenvalue weighted by Crippen LogP contribution is -2.36. The van der Waals surface area contributed by atoms with Crippen LogP contribution in [0, 0.1) is 0 Å². The summed E-state index contributed by atoms with van der Waals surface area (Å²) >= 11 is 6.44. The molecular formula is C22H24ClN5O2. The highest BCUT2D eigenvalue weighted by Crippen LogP contribution is 2.32. The van der Waals surface area contributed by atoms with Crippen LogP contribution in [-0.2, 0) is 6.54 Å². The highest BCUT2D eigenvalue weighted by atomic mass is 35.5. The fourth-order valence-electron chi connectivity index (χ4n) is 3.63. The van der Waals surface area contributed by atoms with Crippen molar-refractivity contribution in [3.05, 3.63) is 58.7 Å². The van der Waals surface area contributed by atoms with Crippen LogP contribution < -0.4 is 15.8 Å². The molecular weight excluding hydrogens is 402 g/mol. The van der Waals surface area contributed by atoms with Crippen LogP contribution >= 0.6 is 11.6 Å². The van der Waals surface area contributed by atoms with E-state index >= 15 is 0 Å². The number of nitrogens with zero attached hydrogens (tertiary/aromatic N) is 2. The lowest BCUT2D eigenvalue weighted by atomic mass is 10.2. The number of nitrogens with two attached hydrogens (primary N) is 1. The van der Waals surface area contributed by atoms with Gasteiger partial charge in [0.05, 0.1) is 10.5 Å². The largest absolute Gasteiger partial charge is 0.457 e. The molecule has 1 aliphatic rings. The van der Waals surface area contributed by atoms with Crippen LogP contribution in [0.5, 0.6) is 11.5 Å². The Balaban J connectivity index is 1.54. The lowest BCUT2D eigenvalue weighted by molar-refractivity contribution is 0.0972. The summed E-state index contributed by atoms with van der Waals surface area (Å²) in [6.07, 6.45) is 2.53. The van der Waals surface area contributed by atoms with Crippen LogP contribution in [0.15, 0.2) is 47.5 Å². The number of likely N-dealkylation sites (tertiary alicyclic amines) is 1. The maximum atomic E-state index is 12.3. The van der Waals surface area contributed by atoms with Gasteiger partial charge in [0.1, 0.15) is 17.2 Å². The molecule has 0 unspecified atom stereocenters. The van der Waals surface area contributed by atoms with Crippen molar-refractivity contribution < 1.29 is 9.53 Å². The molecule has 2 heterocycles. The number of hydrogen-bond acceptors (Lipinski definition) is 4. The lowest BCUT2D eigenvalue weighted by Gasteiger charge is -2.15. The second-order valence-corrected chi connectivity index (χ2v) is 7.75. The third-order valence-corrected chi connectivity index (χ3v) is 5.44. The number of aromatic nitrogens is 1. The van der Waals surface area contributed by atoms with E-state index in [0.717, 1.165) is 30.8 Å². The molecule has 30 heavy (non-hydrogen) atoms. The summed E-state index contributed by atoms with van der Waals surface area (Å²) in [5.41, 5.74) is 7.82. The number of H-pyrrole nitrogens is 1. The number of aliphatic imine (C=N–C) groups is 1. The second kappa shape index (κ2) is 8.77. The van der Waals surface area contributed by atoms with Gasteiger partial charge in [-0.1, -0.05) is 23.7 Å². The van der Waals surface area contributed by atoms with Crippen LogP contribution in [0.3, 0.4) is 0 Å². The third-order valence-electron chi connectivity index (χ3n) is 5.13. The van der Waals surface area contributed by atoms with Crippen molar-refractivity contribution in [3.8, 4) is 11.5 Å². The molecule has 156 valence electrons. The number of aromatic amines is 1. The predicted octanol–water partition coefficient (Wildman–Crippen LogP) is 3.88. The van der Waals surface area contributed by atoms with E-state index in [-0.39, 0.29) is 11.9 Å². The summed E-state index contributed by atoms with van der Waals surface area (Å²) in [6.45, 7) is 3.22. The Kier molecular flexibility index (Phi) is 5.92.